The minimum absolute atomic E-state index is 0.340. The van der Waals surface area contributed by atoms with Crippen molar-refractivity contribution in [1.29, 1.82) is 0 Å². The van der Waals surface area contributed by atoms with Crippen molar-refractivity contribution in [1.82, 2.24) is 15.6 Å². The Morgan fingerprint density at radius 2 is 2.17 bits per heavy atom. The van der Waals surface area contributed by atoms with Gasteiger partial charge >= 0.3 is 0 Å². The maximum atomic E-state index is 13.3. The van der Waals surface area contributed by atoms with Crippen LogP contribution in [0.15, 0.2) is 47.6 Å². The van der Waals surface area contributed by atoms with Crippen LogP contribution in [-0.2, 0) is 6.54 Å². The van der Waals surface area contributed by atoms with Gasteiger partial charge in [-0.15, -0.1) is 0 Å². The standard InChI is InChI=1S/C18H21FN4O/c1-20-18(22-11-13-7-8-13)23-12-14-4-3-9-21-17(14)24-16-6-2-5-15(19)10-16/h2-6,9-10,13H,7-8,11-12H2,1H3,(H2,20,22,23). The van der Waals surface area contributed by atoms with E-state index in [1.807, 2.05) is 12.1 Å². The molecule has 3 rings (SSSR count). The number of aliphatic imine (C=N–C) groups is 1. The van der Waals surface area contributed by atoms with Crippen LogP contribution in [0.2, 0.25) is 0 Å². The third-order valence-corrected chi connectivity index (χ3v) is 3.79. The second kappa shape index (κ2) is 7.77. The molecule has 126 valence electrons. The van der Waals surface area contributed by atoms with E-state index < -0.39 is 0 Å². The van der Waals surface area contributed by atoms with Gasteiger partial charge in [-0.1, -0.05) is 12.1 Å². The van der Waals surface area contributed by atoms with Crippen molar-refractivity contribution >= 4 is 5.96 Å². The lowest BCUT2D eigenvalue weighted by Gasteiger charge is -2.13. The fraction of sp³-hybridized carbons (Fsp3) is 0.333. The predicted molar refractivity (Wildman–Crippen MR) is 91.6 cm³/mol. The Balaban J connectivity index is 1.62. The van der Waals surface area contributed by atoms with Gasteiger partial charge < -0.3 is 15.4 Å². The summed E-state index contributed by atoms with van der Waals surface area (Å²) in [6.45, 7) is 1.46. The van der Waals surface area contributed by atoms with Gasteiger partial charge in [-0.05, 0) is 37.0 Å². The number of rotatable bonds is 6. The number of aromatic nitrogens is 1. The van der Waals surface area contributed by atoms with Crippen molar-refractivity contribution in [2.75, 3.05) is 13.6 Å². The van der Waals surface area contributed by atoms with Crippen molar-refractivity contribution in [2.45, 2.75) is 19.4 Å². The Morgan fingerprint density at radius 1 is 1.29 bits per heavy atom. The maximum absolute atomic E-state index is 13.3. The molecule has 0 bridgehead atoms. The molecular weight excluding hydrogens is 307 g/mol. The van der Waals surface area contributed by atoms with Gasteiger partial charge in [0.15, 0.2) is 5.96 Å². The molecule has 0 radical (unpaired) electrons. The third-order valence-electron chi connectivity index (χ3n) is 3.79. The highest BCUT2D eigenvalue weighted by Crippen LogP contribution is 2.27. The summed E-state index contributed by atoms with van der Waals surface area (Å²) in [5, 5.41) is 6.56. The first-order chi connectivity index (χ1) is 11.7. The normalized spacial score (nSPS) is 14.3. The summed E-state index contributed by atoms with van der Waals surface area (Å²) in [6, 6.07) is 9.78. The van der Waals surface area contributed by atoms with Gasteiger partial charge in [0.1, 0.15) is 11.6 Å². The van der Waals surface area contributed by atoms with Crippen LogP contribution in [0.3, 0.4) is 0 Å². The van der Waals surface area contributed by atoms with Crippen LogP contribution < -0.4 is 15.4 Å². The summed E-state index contributed by atoms with van der Waals surface area (Å²) in [7, 11) is 1.75. The van der Waals surface area contributed by atoms with Crippen molar-refractivity contribution in [3.63, 3.8) is 0 Å². The van der Waals surface area contributed by atoms with E-state index in [0.717, 1.165) is 24.0 Å². The molecule has 2 N–H and O–H groups in total. The number of pyridine rings is 1. The van der Waals surface area contributed by atoms with E-state index in [2.05, 4.69) is 20.6 Å². The van der Waals surface area contributed by atoms with Gasteiger partial charge in [0.25, 0.3) is 0 Å². The molecule has 0 aliphatic heterocycles. The van der Waals surface area contributed by atoms with E-state index >= 15 is 0 Å². The van der Waals surface area contributed by atoms with Crippen LogP contribution >= 0.6 is 0 Å². The van der Waals surface area contributed by atoms with Gasteiger partial charge in [0.2, 0.25) is 5.88 Å². The van der Waals surface area contributed by atoms with Crippen molar-refractivity contribution in [3.05, 3.63) is 54.0 Å². The lowest BCUT2D eigenvalue weighted by molar-refractivity contribution is 0.450. The number of hydrogen-bond donors (Lipinski definition) is 2. The number of nitrogens with one attached hydrogen (secondary N) is 2. The fourth-order valence-electron chi connectivity index (χ4n) is 2.26. The molecule has 0 unspecified atom stereocenters. The summed E-state index contributed by atoms with van der Waals surface area (Å²) >= 11 is 0. The molecule has 1 aromatic carbocycles. The molecule has 6 heteroatoms. The first-order valence-corrected chi connectivity index (χ1v) is 8.06. The van der Waals surface area contributed by atoms with Gasteiger partial charge in [0, 0.05) is 38.0 Å². The van der Waals surface area contributed by atoms with Crippen LogP contribution in [0.25, 0.3) is 0 Å². The number of benzene rings is 1. The number of halogens is 1. The second-order valence-corrected chi connectivity index (χ2v) is 5.78. The smallest absolute Gasteiger partial charge is 0.224 e. The van der Waals surface area contributed by atoms with Crippen molar-refractivity contribution in [2.24, 2.45) is 10.9 Å². The molecule has 1 aromatic heterocycles. The van der Waals surface area contributed by atoms with E-state index in [4.69, 9.17) is 4.74 Å². The number of ether oxygens (including phenoxy) is 1. The highest BCUT2D eigenvalue weighted by atomic mass is 19.1. The number of nitrogens with zero attached hydrogens (tertiary/aromatic N) is 2. The summed E-state index contributed by atoms with van der Waals surface area (Å²) in [6.07, 6.45) is 4.23. The minimum atomic E-state index is -0.340. The quantitative estimate of drug-likeness (QED) is 0.632. The maximum Gasteiger partial charge on any atom is 0.224 e. The Hall–Kier alpha value is -2.63. The monoisotopic (exact) mass is 328 g/mol. The molecule has 1 aliphatic rings. The largest absolute Gasteiger partial charge is 0.439 e. The average Bonchev–Trinajstić information content (AvgIpc) is 3.41. The molecule has 1 heterocycles. The highest BCUT2D eigenvalue weighted by molar-refractivity contribution is 5.79. The Morgan fingerprint density at radius 3 is 2.92 bits per heavy atom. The Labute approximate surface area is 141 Å². The third kappa shape index (κ3) is 4.68. The first-order valence-electron chi connectivity index (χ1n) is 8.06. The van der Waals surface area contributed by atoms with Gasteiger partial charge in [0.05, 0.1) is 0 Å². The fourth-order valence-corrected chi connectivity index (χ4v) is 2.26. The Bertz CT molecular complexity index is 716. The molecule has 1 aliphatic carbocycles. The zero-order valence-corrected chi connectivity index (χ0v) is 13.6. The summed E-state index contributed by atoms with van der Waals surface area (Å²) < 4.78 is 19.0. The van der Waals surface area contributed by atoms with E-state index in [0.29, 0.717) is 18.2 Å². The van der Waals surface area contributed by atoms with Crippen LogP contribution in [0, 0.1) is 11.7 Å². The lowest BCUT2D eigenvalue weighted by atomic mass is 10.2. The van der Waals surface area contributed by atoms with Gasteiger partial charge in [-0.3, -0.25) is 4.99 Å². The molecule has 0 saturated heterocycles. The molecule has 24 heavy (non-hydrogen) atoms. The number of guanidine groups is 1. The molecule has 0 spiro atoms. The SMILES string of the molecule is CN=C(NCc1cccnc1Oc1cccc(F)c1)NCC1CC1. The van der Waals surface area contributed by atoms with E-state index in [1.165, 1.54) is 25.0 Å². The van der Waals surface area contributed by atoms with E-state index in [1.54, 1.807) is 25.4 Å². The van der Waals surface area contributed by atoms with Gasteiger partial charge in [-0.2, -0.15) is 0 Å². The van der Waals surface area contributed by atoms with E-state index in [-0.39, 0.29) is 5.82 Å². The molecule has 1 fully saturated rings. The summed E-state index contributed by atoms with van der Waals surface area (Å²) in [5.74, 6) is 2.06. The summed E-state index contributed by atoms with van der Waals surface area (Å²) in [5.41, 5.74) is 0.871. The lowest BCUT2D eigenvalue weighted by Crippen LogP contribution is -2.37. The van der Waals surface area contributed by atoms with Crippen molar-refractivity contribution < 1.29 is 9.13 Å². The molecule has 5 nitrogen and oxygen atoms in total. The van der Waals surface area contributed by atoms with Crippen LogP contribution in [-0.4, -0.2) is 24.5 Å². The Kier molecular flexibility index (Phi) is 5.25. The predicted octanol–water partition coefficient (Wildman–Crippen LogP) is 3.09. The van der Waals surface area contributed by atoms with Gasteiger partial charge in [-0.25, -0.2) is 9.37 Å². The number of hydrogen-bond acceptors (Lipinski definition) is 3. The zero-order valence-electron chi connectivity index (χ0n) is 13.6. The molecule has 1 saturated carbocycles. The zero-order chi connectivity index (χ0) is 16.8. The molecular formula is C18H21FN4O. The molecule has 2 aromatic rings. The minimum Gasteiger partial charge on any atom is -0.439 e. The second-order valence-electron chi connectivity index (χ2n) is 5.78. The van der Waals surface area contributed by atoms with Crippen LogP contribution in [0.1, 0.15) is 18.4 Å². The average molecular weight is 328 g/mol. The first kappa shape index (κ1) is 16.2. The van der Waals surface area contributed by atoms with Crippen molar-refractivity contribution in [3.8, 4) is 11.6 Å². The van der Waals surface area contributed by atoms with Crippen LogP contribution in [0.5, 0.6) is 11.6 Å². The molecule has 0 atom stereocenters. The molecule has 0 amide bonds. The van der Waals surface area contributed by atoms with E-state index in [9.17, 15) is 4.39 Å². The van der Waals surface area contributed by atoms with Crippen LogP contribution in [0.4, 0.5) is 4.39 Å². The summed E-state index contributed by atoms with van der Waals surface area (Å²) in [4.78, 5) is 8.46. The topological polar surface area (TPSA) is 58.5 Å². The highest BCUT2D eigenvalue weighted by Gasteiger charge is 2.21.